The Kier molecular flexibility index (Phi) is 4.12. The zero-order chi connectivity index (χ0) is 13.0. The maximum Gasteiger partial charge on any atom is 0.226 e. The summed E-state index contributed by atoms with van der Waals surface area (Å²) in [6.07, 6.45) is 7.72. The number of nitrogens with two attached hydrogens (primary N) is 1. The zero-order valence-electron chi connectivity index (χ0n) is 10.9. The fraction of sp³-hybridized carbons (Fsp3) is 0.615. The van der Waals surface area contributed by atoms with Gasteiger partial charge >= 0.3 is 0 Å². The molecule has 1 unspecified atom stereocenters. The number of anilines is 1. The number of hydrogen-bond acceptors (Lipinski definition) is 4. The number of nitrogens with one attached hydrogen (secondary N) is 1. The molecule has 2 heterocycles. The number of aromatic nitrogens is 2. The lowest BCUT2D eigenvalue weighted by atomic mass is 9.99. The maximum atomic E-state index is 7.45. The molecule has 5 nitrogen and oxygen atoms in total. The first-order valence-corrected chi connectivity index (χ1v) is 6.66. The van der Waals surface area contributed by atoms with E-state index in [9.17, 15) is 0 Å². The predicted octanol–water partition coefficient (Wildman–Crippen LogP) is 1.92. The van der Waals surface area contributed by atoms with E-state index in [0.717, 1.165) is 12.5 Å². The SMILES string of the molecule is CCCC1CCCCN1c1nccc(C(=N)N)n1. The number of piperidine rings is 1. The van der Waals surface area contributed by atoms with Crippen LogP contribution < -0.4 is 10.6 Å². The Balaban J connectivity index is 2.22. The second kappa shape index (κ2) is 5.80. The lowest BCUT2D eigenvalue weighted by molar-refractivity contribution is 0.428. The van der Waals surface area contributed by atoms with Crippen LogP contribution in [0.15, 0.2) is 12.3 Å². The Hall–Kier alpha value is -1.65. The minimum Gasteiger partial charge on any atom is -0.382 e. The van der Waals surface area contributed by atoms with E-state index >= 15 is 0 Å². The van der Waals surface area contributed by atoms with Gasteiger partial charge in [-0.25, -0.2) is 9.97 Å². The van der Waals surface area contributed by atoms with Crippen molar-refractivity contribution in [3.63, 3.8) is 0 Å². The van der Waals surface area contributed by atoms with Gasteiger partial charge in [0, 0.05) is 18.8 Å². The molecular formula is C13H21N5. The fourth-order valence-electron chi connectivity index (χ4n) is 2.53. The highest BCUT2D eigenvalue weighted by Gasteiger charge is 2.23. The van der Waals surface area contributed by atoms with E-state index in [-0.39, 0.29) is 5.84 Å². The van der Waals surface area contributed by atoms with E-state index < -0.39 is 0 Å². The highest BCUT2D eigenvalue weighted by Crippen LogP contribution is 2.24. The van der Waals surface area contributed by atoms with Crippen LogP contribution in [-0.4, -0.2) is 28.4 Å². The van der Waals surface area contributed by atoms with E-state index in [1.807, 2.05) is 0 Å². The van der Waals surface area contributed by atoms with Gasteiger partial charge in [0.1, 0.15) is 11.5 Å². The summed E-state index contributed by atoms with van der Waals surface area (Å²) in [6.45, 7) is 3.21. The van der Waals surface area contributed by atoms with Gasteiger partial charge in [-0.1, -0.05) is 13.3 Å². The minimum atomic E-state index is 0.00250. The highest BCUT2D eigenvalue weighted by molar-refractivity contribution is 5.93. The van der Waals surface area contributed by atoms with Crippen LogP contribution in [0.1, 0.15) is 44.7 Å². The van der Waals surface area contributed by atoms with Crippen molar-refractivity contribution >= 4 is 11.8 Å². The van der Waals surface area contributed by atoms with Gasteiger partial charge in [0.05, 0.1) is 0 Å². The van der Waals surface area contributed by atoms with Gasteiger partial charge in [0.2, 0.25) is 5.95 Å². The van der Waals surface area contributed by atoms with Crippen molar-refractivity contribution in [3.05, 3.63) is 18.0 Å². The van der Waals surface area contributed by atoms with Gasteiger partial charge in [-0.3, -0.25) is 5.41 Å². The lowest BCUT2D eigenvalue weighted by Gasteiger charge is -2.35. The Morgan fingerprint density at radius 3 is 3.11 bits per heavy atom. The van der Waals surface area contributed by atoms with Crippen molar-refractivity contribution in [1.29, 1.82) is 5.41 Å². The van der Waals surface area contributed by atoms with Gasteiger partial charge in [0.15, 0.2) is 0 Å². The van der Waals surface area contributed by atoms with Crippen LogP contribution in [0.2, 0.25) is 0 Å². The molecule has 1 aromatic heterocycles. The molecule has 1 aliphatic heterocycles. The van der Waals surface area contributed by atoms with Crippen LogP contribution in [0.4, 0.5) is 5.95 Å². The summed E-state index contributed by atoms with van der Waals surface area (Å²) in [5.41, 5.74) is 5.99. The molecule has 1 aliphatic rings. The second-order valence-corrected chi connectivity index (χ2v) is 4.79. The molecular weight excluding hydrogens is 226 g/mol. The third kappa shape index (κ3) is 2.78. The Morgan fingerprint density at radius 1 is 1.56 bits per heavy atom. The largest absolute Gasteiger partial charge is 0.382 e. The molecule has 2 rings (SSSR count). The molecule has 0 amide bonds. The van der Waals surface area contributed by atoms with Gasteiger partial charge in [-0.05, 0) is 31.7 Å². The van der Waals surface area contributed by atoms with Crippen LogP contribution in [0.3, 0.4) is 0 Å². The van der Waals surface area contributed by atoms with E-state index in [0.29, 0.717) is 11.7 Å². The Labute approximate surface area is 108 Å². The minimum absolute atomic E-state index is 0.00250. The molecule has 18 heavy (non-hydrogen) atoms. The smallest absolute Gasteiger partial charge is 0.226 e. The molecule has 0 radical (unpaired) electrons. The fourth-order valence-corrected chi connectivity index (χ4v) is 2.53. The van der Waals surface area contributed by atoms with Crippen molar-refractivity contribution in [2.75, 3.05) is 11.4 Å². The summed E-state index contributed by atoms with van der Waals surface area (Å²) in [5, 5.41) is 7.45. The first kappa shape index (κ1) is 12.8. The van der Waals surface area contributed by atoms with Gasteiger partial charge in [0.25, 0.3) is 0 Å². The zero-order valence-corrected chi connectivity index (χ0v) is 10.9. The van der Waals surface area contributed by atoms with Crippen LogP contribution >= 0.6 is 0 Å². The highest BCUT2D eigenvalue weighted by atomic mass is 15.3. The standard InChI is InChI=1S/C13H21N5/c1-2-5-10-6-3-4-9-18(10)13-16-8-7-11(17-13)12(14)15/h7-8,10H,2-6,9H2,1H3,(H3,14,15). The first-order chi connectivity index (χ1) is 8.72. The number of hydrogen-bond donors (Lipinski definition) is 2. The number of amidine groups is 1. The summed E-state index contributed by atoms with van der Waals surface area (Å²) in [7, 11) is 0. The molecule has 3 N–H and O–H groups in total. The van der Waals surface area contributed by atoms with Gasteiger partial charge in [-0.2, -0.15) is 0 Å². The molecule has 0 bridgehead atoms. The van der Waals surface area contributed by atoms with Crippen molar-refractivity contribution in [2.45, 2.75) is 45.1 Å². The average molecular weight is 247 g/mol. The molecule has 0 spiro atoms. The number of rotatable bonds is 4. The normalized spacial score (nSPS) is 19.8. The van der Waals surface area contributed by atoms with Crippen molar-refractivity contribution in [3.8, 4) is 0 Å². The maximum absolute atomic E-state index is 7.45. The van der Waals surface area contributed by atoms with Crippen LogP contribution in [0.25, 0.3) is 0 Å². The number of nitrogens with zero attached hydrogens (tertiary/aromatic N) is 3. The molecule has 1 saturated heterocycles. The van der Waals surface area contributed by atoms with Crippen molar-refractivity contribution in [2.24, 2.45) is 5.73 Å². The number of nitrogen functional groups attached to an aromatic ring is 1. The summed E-state index contributed by atoms with van der Waals surface area (Å²) < 4.78 is 0. The Morgan fingerprint density at radius 2 is 2.39 bits per heavy atom. The lowest BCUT2D eigenvalue weighted by Crippen LogP contribution is -2.40. The molecule has 1 atom stereocenters. The second-order valence-electron chi connectivity index (χ2n) is 4.79. The van der Waals surface area contributed by atoms with E-state index in [4.69, 9.17) is 11.1 Å². The van der Waals surface area contributed by atoms with Crippen LogP contribution in [0, 0.1) is 5.41 Å². The molecule has 1 aromatic rings. The quantitative estimate of drug-likeness (QED) is 0.629. The summed E-state index contributed by atoms with van der Waals surface area (Å²) in [6, 6.07) is 2.22. The van der Waals surface area contributed by atoms with E-state index in [1.165, 1.54) is 32.1 Å². The molecule has 1 fully saturated rings. The summed E-state index contributed by atoms with van der Waals surface area (Å²) in [4.78, 5) is 11.0. The van der Waals surface area contributed by atoms with Crippen LogP contribution in [0.5, 0.6) is 0 Å². The average Bonchev–Trinajstić information content (AvgIpc) is 2.40. The molecule has 98 valence electrons. The molecule has 0 aromatic carbocycles. The van der Waals surface area contributed by atoms with E-state index in [2.05, 4.69) is 21.8 Å². The summed E-state index contributed by atoms with van der Waals surface area (Å²) in [5.74, 6) is 0.726. The Bertz CT molecular complexity index is 416. The topological polar surface area (TPSA) is 78.9 Å². The van der Waals surface area contributed by atoms with Crippen molar-refractivity contribution in [1.82, 2.24) is 9.97 Å². The predicted molar refractivity (Wildman–Crippen MR) is 72.9 cm³/mol. The third-order valence-electron chi connectivity index (χ3n) is 3.42. The summed E-state index contributed by atoms with van der Waals surface area (Å²) >= 11 is 0. The molecule has 0 saturated carbocycles. The van der Waals surface area contributed by atoms with E-state index in [1.54, 1.807) is 12.3 Å². The third-order valence-corrected chi connectivity index (χ3v) is 3.42. The monoisotopic (exact) mass is 247 g/mol. The molecule has 5 heteroatoms. The molecule has 0 aliphatic carbocycles. The van der Waals surface area contributed by atoms with Gasteiger partial charge in [-0.15, -0.1) is 0 Å². The van der Waals surface area contributed by atoms with Crippen molar-refractivity contribution < 1.29 is 0 Å². The first-order valence-electron chi connectivity index (χ1n) is 6.66. The van der Waals surface area contributed by atoms with Crippen LogP contribution in [-0.2, 0) is 0 Å². The van der Waals surface area contributed by atoms with Gasteiger partial charge < -0.3 is 10.6 Å².